The van der Waals surface area contributed by atoms with Gasteiger partial charge in [-0.05, 0) is 62.2 Å². The molecular formula is C30H44O4S. The van der Waals surface area contributed by atoms with Crippen LogP contribution in [0.25, 0.3) is 0 Å². The summed E-state index contributed by atoms with van der Waals surface area (Å²) in [6, 6.07) is 10.7. The van der Waals surface area contributed by atoms with Crippen LogP contribution in [0.3, 0.4) is 0 Å². The van der Waals surface area contributed by atoms with Crippen LogP contribution in [0.4, 0.5) is 0 Å². The van der Waals surface area contributed by atoms with Gasteiger partial charge in [-0.1, -0.05) is 69.2 Å². The van der Waals surface area contributed by atoms with E-state index in [4.69, 9.17) is 9.47 Å². The van der Waals surface area contributed by atoms with Gasteiger partial charge in [0, 0.05) is 30.1 Å². The average Bonchev–Trinajstić information content (AvgIpc) is 3.24. The molecule has 0 spiro atoms. The van der Waals surface area contributed by atoms with Crippen molar-refractivity contribution in [1.82, 2.24) is 0 Å². The van der Waals surface area contributed by atoms with Crippen LogP contribution in [0, 0.1) is 11.8 Å². The van der Waals surface area contributed by atoms with Crippen molar-refractivity contribution in [3.05, 3.63) is 58.7 Å². The molecule has 2 unspecified atom stereocenters. The summed E-state index contributed by atoms with van der Waals surface area (Å²) in [6.45, 7) is 4.30. The first kappa shape index (κ1) is 29.2. The van der Waals surface area contributed by atoms with Crippen LogP contribution < -0.4 is 0 Å². The number of thioether (sulfide) groups is 1. The van der Waals surface area contributed by atoms with Crippen molar-refractivity contribution in [2.75, 3.05) is 12.9 Å². The molecule has 1 aromatic rings. The van der Waals surface area contributed by atoms with Gasteiger partial charge in [-0.15, -0.1) is 11.8 Å². The van der Waals surface area contributed by atoms with E-state index in [1.807, 2.05) is 18.7 Å². The maximum absolute atomic E-state index is 12.1. The molecule has 0 amide bonds. The van der Waals surface area contributed by atoms with Gasteiger partial charge in [-0.2, -0.15) is 0 Å². The normalized spacial score (nSPS) is 16.6. The fourth-order valence-corrected chi connectivity index (χ4v) is 5.59. The molecule has 2 rings (SSSR count). The van der Waals surface area contributed by atoms with Crippen molar-refractivity contribution in [2.24, 2.45) is 11.8 Å². The van der Waals surface area contributed by atoms with Crippen LogP contribution in [-0.4, -0.2) is 24.8 Å². The van der Waals surface area contributed by atoms with Crippen molar-refractivity contribution in [2.45, 2.75) is 90.9 Å². The monoisotopic (exact) mass is 500 g/mol. The molecule has 0 aromatic heterocycles. The van der Waals surface area contributed by atoms with Gasteiger partial charge in [-0.3, -0.25) is 9.59 Å². The van der Waals surface area contributed by atoms with Crippen LogP contribution in [-0.2, 0) is 25.5 Å². The summed E-state index contributed by atoms with van der Waals surface area (Å²) in [7, 11) is 1.44. The summed E-state index contributed by atoms with van der Waals surface area (Å²) in [5.41, 5.74) is 1.42. The first-order chi connectivity index (χ1) is 17.0. The summed E-state index contributed by atoms with van der Waals surface area (Å²) in [5, 5.41) is 0. The van der Waals surface area contributed by atoms with Gasteiger partial charge in [0.15, 0.2) is 0 Å². The predicted octanol–water partition coefficient (Wildman–Crippen LogP) is 8.02. The fourth-order valence-electron chi connectivity index (χ4n) is 4.31. The first-order valence-corrected chi connectivity index (χ1v) is 14.4. The zero-order valence-corrected chi connectivity index (χ0v) is 22.7. The number of benzene rings is 1. The molecule has 0 heterocycles. The molecule has 0 fully saturated rings. The predicted molar refractivity (Wildman–Crippen MR) is 146 cm³/mol. The Morgan fingerprint density at radius 1 is 1.06 bits per heavy atom. The second-order valence-electron chi connectivity index (χ2n) is 9.49. The number of hydrogen-bond donors (Lipinski definition) is 0. The average molecular weight is 501 g/mol. The summed E-state index contributed by atoms with van der Waals surface area (Å²) in [6.07, 6.45) is 16.0. The highest BCUT2D eigenvalue weighted by atomic mass is 32.2. The number of aryl methyl sites for hydroxylation is 1. The lowest BCUT2D eigenvalue weighted by Gasteiger charge is -2.13. The third-order valence-electron chi connectivity index (χ3n) is 6.39. The standard InChI is InChI=1S/C30H44O4S/c1-4-13-29(32)34-27-22-21-26(30(27)35-23-12-6-9-18-28(31)33-3)20-19-24(2)14-10-11-17-25-15-7-5-8-16-25/h5,7-8,15-16,19-20,24,26H,4,6,9-14,17-18,21-23H2,1-3H3/b20-19+. The van der Waals surface area contributed by atoms with E-state index in [1.165, 1.54) is 36.8 Å². The molecule has 5 heteroatoms. The second kappa shape index (κ2) is 17.4. The van der Waals surface area contributed by atoms with E-state index < -0.39 is 0 Å². The zero-order chi connectivity index (χ0) is 25.3. The summed E-state index contributed by atoms with van der Waals surface area (Å²) >= 11 is 1.83. The number of ether oxygens (including phenoxy) is 2. The van der Waals surface area contributed by atoms with E-state index in [0.717, 1.165) is 56.5 Å². The largest absolute Gasteiger partial charge is 0.469 e. The maximum atomic E-state index is 12.1. The van der Waals surface area contributed by atoms with Crippen LogP contribution >= 0.6 is 11.8 Å². The van der Waals surface area contributed by atoms with Gasteiger partial charge in [0.1, 0.15) is 5.76 Å². The maximum Gasteiger partial charge on any atom is 0.310 e. The number of rotatable bonds is 17. The molecule has 0 N–H and O–H groups in total. The van der Waals surface area contributed by atoms with E-state index in [0.29, 0.717) is 24.7 Å². The highest BCUT2D eigenvalue weighted by Gasteiger charge is 2.27. The lowest BCUT2D eigenvalue weighted by molar-refractivity contribution is -0.141. The van der Waals surface area contributed by atoms with Crippen LogP contribution in [0.5, 0.6) is 0 Å². The molecule has 0 radical (unpaired) electrons. The fraction of sp³-hybridized carbons (Fsp3) is 0.600. The molecular weight excluding hydrogens is 456 g/mol. The Bertz CT molecular complexity index is 815. The zero-order valence-electron chi connectivity index (χ0n) is 21.9. The van der Waals surface area contributed by atoms with Gasteiger partial charge < -0.3 is 9.47 Å². The molecule has 0 bridgehead atoms. The number of allylic oxidation sites excluding steroid dienone is 4. The number of carbonyl (C=O) groups excluding carboxylic acids is 2. The molecule has 194 valence electrons. The highest BCUT2D eigenvalue weighted by molar-refractivity contribution is 8.03. The minimum absolute atomic E-state index is 0.116. The van der Waals surface area contributed by atoms with Gasteiger partial charge in [0.2, 0.25) is 0 Å². The van der Waals surface area contributed by atoms with E-state index in [2.05, 4.69) is 49.4 Å². The Morgan fingerprint density at radius 3 is 2.60 bits per heavy atom. The molecule has 1 aliphatic rings. The van der Waals surface area contributed by atoms with Crippen molar-refractivity contribution < 1.29 is 19.1 Å². The first-order valence-electron chi connectivity index (χ1n) is 13.4. The van der Waals surface area contributed by atoms with Gasteiger partial charge in [0.25, 0.3) is 0 Å². The molecule has 0 saturated heterocycles. The van der Waals surface area contributed by atoms with E-state index in [-0.39, 0.29) is 11.9 Å². The number of carbonyl (C=O) groups is 2. The third-order valence-corrected chi connectivity index (χ3v) is 7.72. The topological polar surface area (TPSA) is 52.6 Å². The SMILES string of the molecule is CCCC(=O)OC1=C(SCCCCCC(=O)OC)C(/C=C/C(C)CCCCc2ccccc2)CC1. The van der Waals surface area contributed by atoms with Gasteiger partial charge >= 0.3 is 11.9 Å². The highest BCUT2D eigenvalue weighted by Crippen LogP contribution is 2.41. The Kier molecular flexibility index (Phi) is 14.5. The molecule has 1 aromatic carbocycles. The van der Waals surface area contributed by atoms with E-state index in [9.17, 15) is 9.59 Å². The lowest BCUT2D eigenvalue weighted by atomic mass is 9.98. The molecule has 4 nitrogen and oxygen atoms in total. The Balaban J connectivity index is 1.83. The third kappa shape index (κ3) is 12.0. The van der Waals surface area contributed by atoms with Gasteiger partial charge in [0.05, 0.1) is 7.11 Å². The number of unbranched alkanes of at least 4 members (excludes halogenated alkanes) is 3. The molecule has 35 heavy (non-hydrogen) atoms. The quantitative estimate of drug-likeness (QED) is 0.123. The van der Waals surface area contributed by atoms with Crippen LogP contribution in [0.15, 0.2) is 53.1 Å². The number of hydrogen-bond acceptors (Lipinski definition) is 5. The Morgan fingerprint density at radius 2 is 1.86 bits per heavy atom. The Labute approximate surface area is 216 Å². The van der Waals surface area contributed by atoms with Crippen molar-refractivity contribution in [3.8, 4) is 0 Å². The molecule has 0 saturated carbocycles. The van der Waals surface area contributed by atoms with Crippen molar-refractivity contribution in [3.63, 3.8) is 0 Å². The van der Waals surface area contributed by atoms with Crippen molar-refractivity contribution in [1.29, 1.82) is 0 Å². The van der Waals surface area contributed by atoms with Crippen LogP contribution in [0.1, 0.15) is 90.0 Å². The van der Waals surface area contributed by atoms with E-state index in [1.54, 1.807) is 0 Å². The molecule has 0 aliphatic heterocycles. The minimum atomic E-state index is -0.138. The summed E-state index contributed by atoms with van der Waals surface area (Å²) < 4.78 is 10.5. The smallest absolute Gasteiger partial charge is 0.310 e. The summed E-state index contributed by atoms with van der Waals surface area (Å²) in [5.74, 6) is 2.49. The Hall–Kier alpha value is -2.01. The lowest BCUT2D eigenvalue weighted by Crippen LogP contribution is -2.04. The second-order valence-corrected chi connectivity index (χ2v) is 10.6. The van der Waals surface area contributed by atoms with E-state index >= 15 is 0 Å². The van der Waals surface area contributed by atoms with Gasteiger partial charge in [-0.25, -0.2) is 0 Å². The number of esters is 2. The number of methoxy groups -OCH3 is 1. The molecule has 2 atom stereocenters. The molecule has 1 aliphatic carbocycles. The minimum Gasteiger partial charge on any atom is -0.469 e. The summed E-state index contributed by atoms with van der Waals surface area (Å²) in [4.78, 5) is 24.7. The van der Waals surface area contributed by atoms with Crippen molar-refractivity contribution >= 4 is 23.7 Å². The van der Waals surface area contributed by atoms with Crippen LogP contribution in [0.2, 0.25) is 0 Å².